The highest BCUT2D eigenvalue weighted by atomic mass is 35.5. The number of alkyl halides is 3. The Morgan fingerprint density at radius 2 is 1.79 bits per heavy atom. The number of carbonyl (C=O) groups is 1. The molecule has 0 radical (unpaired) electrons. The minimum absolute atomic E-state index is 0.00524. The molecule has 1 saturated carbocycles. The van der Waals surface area contributed by atoms with E-state index in [1.54, 1.807) is 0 Å². The number of pyridine rings is 1. The van der Waals surface area contributed by atoms with Crippen LogP contribution in [-0.2, 0) is 15.6 Å². The molecule has 1 atom stereocenters. The van der Waals surface area contributed by atoms with Gasteiger partial charge in [0.2, 0.25) is 10.0 Å². The number of hydrogen-bond donors (Lipinski definition) is 2. The summed E-state index contributed by atoms with van der Waals surface area (Å²) in [5.41, 5.74) is -1.46. The summed E-state index contributed by atoms with van der Waals surface area (Å²) >= 11 is 5.92. The lowest BCUT2D eigenvalue weighted by atomic mass is 9.91. The number of halogens is 5. The van der Waals surface area contributed by atoms with E-state index in [9.17, 15) is 30.8 Å². The largest absolute Gasteiger partial charge is 0.493 e. The molecular formula is C29H30ClF4N3O5S. The lowest BCUT2D eigenvalue weighted by molar-refractivity contribution is -0.149. The van der Waals surface area contributed by atoms with E-state index in [0.717, 1.165) is 31.2 Å². The minimum atomic E-state index is -4.87. The number of benzene rings is 2. The molecule has 8 nitrogen and oxygen atoms in total. The van der Waals surface area contributed by atoms with Crippen molar-refractivity contribution in [2.24, 2.45) is 0 Å². The highest BCUT2D eigenvalue weighted by Gasteiger charge is 2.43. The van der Waals surface area contributed by atoms with E-state index in [-0.39, 0.29) is 39.3 Å². The Balaban J connectivity index is 1.70. The van der Waals surface area contributed by atoms with Crippen LogP contribution in [0.25, 0.3) is 11.3 Å². The average Bonchev–Trinajstić information content (AvgIpc) is 3.72. The van der Waals surface area contributed by atoms with Gasteiger partial charge in [0.25, 0.3) is 5.91 Å². The van der Waals surface area contributed by atoms with Crippen LogP contribution in [0.3, 0.4) is 0 Å². The lowest BCUT2D eigenvalue weighted by Gasteiger charge is -2.28. The molecule has 2 N–H and O–H groups in total. The second-order valence-electron chi connectivity index (χ2n) is 10.8. The maximum atomic E-state index is 14.5. The van der Waals surface area contributed by atoms with Crippen LogP contribution < -0.4 is 19.5 Å². The van der Waals surface area contributed by atoms with Crippen molar-refractivity contribution < 1.29 is 40.2 Å². The Morgan fingerprint density at radius 3 is 2.37 bits per heavy atom. The van der Waals surface area contributed by atoms with Crippen molar-refractivity contribution in [2.75, 3.05) is 19.9 Å². The fourth-order valence-electron chi connectivity index (χ4n) is 4.37. The summed E-state index contributed by atoms with van der Waals surface area (Å²) in [7, 11) is -2.40. The van der Waals surface area contributed by atoms with Gasteiger partial charge in [0.1, 0.15) is 11.7 Å². The number of rotatable bonds is 11. The van der Waals surface area contributed by atoms with Crippen molar-refractivity contribution in [2.45, 2.75) is 50.4 Å². The number of ether oxygens (including phenoxy) is 2. The molecule has 1 aliphatic rings. The molecule has 1 aliphatic carbocycles. The van der Waals surface area contributed by atoms with Gasteiger partial charge in [0, 0.05) is 17.7 Å². The van der Waals surface area contributed by atoms with Gasteiger partial charge in [-0.05, 0) is 80.8 Å². The zero-order chi connectivity index (χ0) is 31.7. The average molecular weight is 644 g/mol. The van der Waals surface area contributed by atoms with Crippen molar-refractivity contribution in [3.8, 4) is 22.8 Å². The Hall–Kier alpha value is -3.42. The van der Waals surface area contributed by atoms with Gasteiger partial charge in [-0.2, -0.15) is 13.2 Å². The topological polar surface area (TPSA) is 107 Å². The molecule has 1 fully saturated rings. The number of methoxy groups -OCH3 is 1. The molecule has 0 spiro atoms. The molecule has 1 aromatic heterocycles. The maximum Gasteiger partial charge on any atom is 0.398 e. The summed E-state index contributed by atoms with van der Waals surface area (Å²) in [5.74, 6) is -3.12. The fraction of sp³-hybridized carbons (Fsp3) is 0.379. The smallest absolute Gasteiger partial charge is 0.398 e. The first-order chi connectivity index (χ1) is 20.0. The normalized spacial score (nSPS) is 14.7. The molecule has 232 valence electrons. The van der Waals surface area contributed by atoms with Crippen LogP contribution in [0.2, 0.25) is 5.02 Å². The Kier molecular flexibility index (Phi) is 9.29. The summed E-state index contributed by atoms with van der Waals surface area (Å²) in [6, 6.07) is 10.4. The molecule has 0 bridgehead atoms. The van der Waals surface area contributed by atoms with Gasteiger partial charge < -0.3 is 14.8 Å². The molecule has 0 saturated heterocycles. The summed E-state index contributed by atoms with van der Waals surface area (Å²) < 4.78 is 94.8. The van der Waals surface area contributed by atoms with Crippen LogP contribution in [0.15, 0.2) is 48.5 Å². The molecule has 0 aliphatic heterocycles. The zero-order valence-corrected chi connectivity index (χ0v) is 25.3. The summed E-state index contributed by atoms with van der Waals surface area (Å²) in [6.45, 7) is 2.07. The van der Waals surface area contributed by atoms with Gasteiger partial charge in [-0.25, -0.2) is 17.5 Å². The van der Waals surface area contributed by atoms with E-state index < -0.39 is 51.6 Å². The van der Waals surface area contributed by atoms with Crippen LogP contribution in [0, 0.1) is 5.82 Å². The van der Waals surface area contributed by atoms with E-state index in [2.05, 4.69) is 15.0 Å². The molecule has 14 heteroatoms. The molecule has 3 aromatic rings. The summed E-state index contributed by atoms with van der Waals surface area (Å²) in [6.07, 6.45) is -2.08. The van der Waals surface area contributed by atoms with Gasteiger partial charge in [-0.15, -0.1) is 0 Å². The number of nitrogens with zero attached hydrogens (tertiary/aromatic N) is 1. The molecule has 4 rings (SSSR count). The quantitative estimate of drug-likeness (QED) is 0.250. The third kappa shape index (κ3) is 8.36. The Morgan fingerprint density at radius 1 is 1.09 bits per heavy atom. The Bertz CT molecular complexity index is 1630. The van der Waals surface area contributed by atoms with E-state index in [0.29, 0.717) is 5.75 Å². The molecular weight excluding hydrogens is 614 g/mol. The van der Waals surface area contributed by atoms with Crippen LogP contribution in [0.5, 0.6) is 11.5 Å². The van der Waals surface area contributed by atoms with Gasteiger partial charge in [-0.1, -0.05) is 11.6 Å². The van der Waals surface area contributed by atoms with Crippen molar-refractivity contribution in [3.05, 3.63) is 76.2 Å². The zero-order valence-electron chi connectivity index (χ0n) is 23.7. The van der Waals surface area contributed by atoms with Crippen LogP contribution >= 0.6 is 11.6 Å². The van der Waals surface area contributed by atoms with E-state index >= 15 is 0 Å². The predicted octanol–water partition coefficient (Wildman–Crippen LogP) is 5.95. The first kappa shape index (κ1) is 32.5. The summed E-state index contributed by atoms with van der Waals surface area (Å²) in [4.78, 5) is 17.1. The highest BCUT2D eigenvalue weighted by Crippen LogP contribution is 2.38. The predicted molar refractivity (Wildman–Crippen MR) is 153 cm³/mol. The monoisotopic (exact) mass is 643 g/mol. The number of amides is 1. The standard InChI is InChI=1S/C29H30ClF4N3O5S/c1-28(2,37-43(4,39)40)18-13-23(16-5-9-22(31)21(30)11-16)36-24(14-18)20(29(32,33)34)15-35-27(38)17-6-10-25(26(12-17)41-3)42-19-7-8-19/h5-6,9-14,19-20,37H,7-8,15H2,1-4H3,(H,35,38). The lowest BCUT2D eigenvalue weighted by Crippen LogP contribution is -2.41. The van der Waals surface area contributed by atoms with Crippen LogP contribution in [0.1, 0.15) is 54.2 Å². The van der Waals surface area contributed by atoms with Crippen LogP contribution in [0.4, 0.5) is 17.6 Å². The van der Waals surface area contributed by atoms with Crippen molar-refractivity contribution in [3.63, 3.8) is 0 Å². The van der Waals surface area contributed by atoms with E-state index in [4.69, 9.17) is 21.1 Å². The third-order valence-electron chi connectivity index (χ3n) is 6.69. The minimum Gasteiger partial charge on any atom is -0.493 e. The molecule has 2 aromatic carbocycles. The molecule has 43 heavy (non-hydrogen) atoms. The maximum absolute atomic E-state index is 14.5. The van der Waals surface area contributed by atoms with Gasteiger partial charge in [0.05, 0.1) is 41.4 Å². The van der Waals surface area contributed by atoms with Gasteiger partial charge in [-0.3, -0.25) is 9.78 Å². The number of nitrogens with one attached hydrogen (secondary N) is 2. The second kappa shape index (κ2) is 12.3. The Labute approximate surface area is 251 Å². The SMILES string of the molecule is COc1cc(C(=O)NCC(c2cc(C(C)(C)NS(C)(=O)=O)cc(-c3ccc(F)c(Cl)c3)n2)C(F)(F)F)ccc1OC1CC1. The fourth-order valence-corrected chi connectivity index (χ4v) is 5.60. The third-order valence-corrected chi connectivity index (χ3v) is 7.86. The molecule has 1 amide bonds. The van der Waals surface area contributed by atoms with Gasteiger partial charge in [0.15, 0.2) is 11.5 Å². The first-order valence-electron chi connectivity index (χ1n) is 13.1. The number of aromatic nitrogens is 1. The summed E-state index contributed by atoms with van der Waals surface area (Å²) in [5, 5.41) is 2.05. The number of sulfonamides is 1. The van der Waals surface area contributed by atoms with Crippen molar-refractivity contribution in [1.82, 2.24) is 15.0 Å². The van der Waals surface area contributed by atoms with E-state index in [1.807, 2.05) is 0 Å². The molecule has 1 unspecified atom stereocenters. The van der Waals surface area contributed by atoms with Crippen molar-refractivity contribution in [1.29, 1.82) is 0 Å². The van der Waals surface area contributed by atoms with Gasteiger partial charge >= 0.3 is 6.18 Å². The molecule has 1 heterocycles. The highest BCUT2D eigenvalue weighted by molar-refractivity contribution is 7.88. The van der Waals surface area contributed by atoms with E-state index in [1.165, 1.54) is 57.4 Å². The van der Waals surface area contributed by atoms with Crippen LogP contribution in [-0.4, -0.2) is 51.5 Å². The second-order valence-corrected chi connectivity index (χ2v) is 12.9. The number of hydrogen-bond acceptors (Lipinski definition) is 6. The number of carbonyl (C=O) groups excluding carboxylic acids is 1. The van der Waals surface area contributed by atoms with Crippen molar-refractivity contribution >= 4 is 27.5 Å². The first-order valence-corrected chi connectivity index (χ1v) is 15.4.